The second kappa shape index (κ2) is 4.40. The smallest absolute Gasteiger partial charge is 0.307 e. The minimum atomic E-state index is -0.756. The molecule has 1 aliphatic heterocycles. The van der Waals surface area contributed by atoms with E-state index in [0.29, 0.717) is 12.0 Å². The van der Waals surface area contributed by atoms with Crippen LogP contribution in [0.3, 0.4) is 0 Å². The van der Waals surface area contributed by atoms with E-state index in [1.165, 1.54) is 11.3 Å². The van der Waals surface area contributed by atoms with Crippen molar-refractivity contribution in [1.82, 2.24) is 0 Å². The highest BCUT2D eigenvalue weighted by atomic mass is 16.4. The molecular formula is C14H19NO2. The number of aliphatic carboxylic acids is 1. The van der Waals surface area contributed by atoms with Crippen LogP contribution in [-0.2, 0) is 11.2 Å². The summed E-state index contributed by atoms with van der Waals surface area (Å²) in [4.78, 5) is 13.2. The van der Waals surface area contributed by atoms with Gasteiger partial charge in [0.15, 0.2) is 0 Å². The van der Waals surface area contributed by atoms with E-state index in [-0.39, 0.29) is 6.42 Å². The fourth-order valence-electron chi connectivity index (χ4n) is 2.71. The molecule has 92 valence electrons. The van der Waals surface area contributed by atoms with E-state index in [1.54, 1.807) is 0 Å². The second-order valence-corrected chi connectivity index (χ2v) is 5.07. The molecule has 1 heterocycles. The molecular weight excluding hydrogens is 214 g/mol. The van der Waals surface area contributed by atoms with Gasteiger partial charge in [-0.15, -0.1) is 0 Å². The molecule has 3 nitrogen and oxygen atoms in total. The predicted octanol–water partition coefficient (Wildman–Crippen LogP) is 2.65. The number of hydrogen-bond acceptors (Lipinski definition) is 2. The summed E-state index contributed by atoms with van der Waals surface area (Å²) in [7, 11) is 0. The van der Waals surface area contributed by atoms with Gasteiger partial charge in [-0.3, -0.25) is 4.79 Å². The maximum Gasteiger partial charge on any atom is 0.307 e. The molecule has 0 bridgehead atoms. The number of hydrogen-bond donors (Lipinski definition) is 1. The van der Waals surface area contributed by atoms with Crippen LogP contribution in [0.5, 0.6) is 0 Å². The van der Waals surface area contributed by atoms with Crippen LogP contribution in [0.2, 0.25) is 0 Å². The highest BCUT2D eigenvalue weighted by molar-refractivity contribution is 5.74. The van der Waals surface area contributed by atoms with Crippen LogP contribution in [0.4, 0.5) is 5.69 Å². The third kappa shape index (κ3) is 2.14. The molecule has 0 saturated heterocycles. The molecule has 1 atom stereocenters. The van der Waals surface area contributed by atoms with Crippen LogP contribution < -0.4 is 4.90 Å². The van der Waals surface area contributed by atoms with Crippen molar-refractivity contribution in [2.75, 3.05) is 11.4 Å². The van der Waals surface area contributed by atoms with Crippen molar-refractivity contribution in [3.8, 4) is 0 Å². The quantitative estimate of drug-likeness (QED) is 0.872. The Labute approximate surface area is 102 Å². The van der Waals surface area contributed by atoms with Gasteiger partial charge in [-0.05, 0) is 31.0 Å². The number of carboxylic acid groups (broad SMARTS) is 1. The molecule has 1 aromatic rings. The minimum Gasteiger partial charge on any atom is -0.481 e. The summed E-state index contributed by atoms with van der Waals surface area (Å²) in [6.45, 7) is 7.51. The first kappa shape index (κ1) is 12.0. The van der Waals surface area contributed by atoms with Gasteiger partial charge >= 0.3 is 5.97 Å². The van der Waals surface area contributed by atoms with Crippen LogP contribution in [0.1, 0.15) is 37.8 Å². The molecule has 0 amide bonds. The van der Waals surface area contributed by atoms with Crippen molar-refractivity contribution >= 4 is 11.7 Å². The van der Waals surface area contributed by atoms with Crippen molar-refractivity contribution in [3.63, 3.8) is 0 Å². The predicted molar refractivity (Wildman–Crippen MR) is 68.7 cm³/mol. The highest BCUT2D eigenvalue weighted by Crippen LogP contribution is 2.39. The molecule has 3 heteroatoms. The zero-order chi connectivity index (χ0) is 12.6. The lowest BCUT2D eigenvalue weighted by atomic mass is 9.95. The lowest BCUT2D eigenvalue weighted by Gasteiger charge is -2.24. The number of fused-ring (bicyclic) bond motifs is 1. The molecule has 2 rings (SSSR count). The average molecular weight is 233 g/mol. The Bertz CT molecular complexity index is 440. The molecule has 1 aromatic carbocycles. The normalized spacial score (nSPS) is 18.6. The summed E-state index contributed by atoms with van der Waals surface area (Å²) in [5.74, 6) is -0.337. The fourth-order valence-corrected chi connectivity index (χ4v) is 2.71. The lowest BCUT2D eigenvalue weighted by molar-refractivity contribution is -0.136. The van der Waals surface area contributed by atoms with E-state index in [2.05, 4.69) is 31.7 Å². The van der Waals surface area contributed by atoms with Crippen molar-refractivity contribution in [2.24, 2.45) is 0 Å². The van der Waals surface area contributed by atoms with Gasteiger partial charge in [0.05, 0.1) is 6.42 Å². The van der Waals surface area contributed by atoms with Crippen molar-refractivity contribution < 1.29 is 9.90 Å². The van der Waals surface area contributed by atoms with Gasteiger partial charge in [-0.1, -0.05) is 19.1 Å². The lowest BCUT2D eigenvalue weighted by Crippen LogP contribution is -2.28. The summed E-state index contributed by atoms with van der Waals surface area (Å²) >= 11 is 0. The van der Waals surface area contributed by atoms with Crippen molar-refractivity contribution in [2.45, 2.75) is 39.2 Å². The standard InChI is InChI=1S/C14H19NO2/c1-9(2)15-8-10(3)14-11(7-13(16)17)5-4-6-12(14)15/h4-6,9-10H,7-8H2,1-3H3,(H,16,17). The van der Waals surface area contributed by atoms with Gasteiger partial charge in [-0.2, -0.15) is 0 Å². The van der Waals surface area contributed by atoms with Gasteiger partial charge in [0.2, 0.25) is 0 Å². The van der Waals surface area contributed by atoms with E-state index in [1.807, 2.05) is 12.1 Å². The van der Waals surface area contributed by atoms with Crippen molar-refractivity contribution in [1.29, 1.82) is 0 Å². The number of rotatable bonds is 3. The molecule has 0 aliphatic carbocycles. The number of carbonyl (C=O) groups is 1. The highest BCUT2D eigenvalue weighted by Gasteiger charge is 2.29. The molecule has 1 N–H and O–H groups in total. The Hall–Kier alpha value is -1.51. The Balaban J connectivity index is 2.44. The first-order chi connectivity index (χ1) is 8.00. The summed E-state index contributed by atoms with van der Waals surface area (Å²) in [5.41, 5.74) is 3.40. The molecule has 0 aromatic heterocycles. The number of carboxylic acids is 1. The number of nitrogens with zero attached hydrogens (tertiary/aromatic N) is 1. The molecule has 1 aliphatic rings. The monoisotopic (exact) mass is 233 g/mol. The maximum atomic E-state index is 10.9. The topological polar surface area (TPSA) is 40.5 Å². The maximum absolute atomic E-state index is 10.9. The van der Waals surface area contributed by atoms with Crippen LogP contribution in [0, 0.1) is 0 Å². The summed E-state index contributed by atoms with van der Waals surface area (Å²) < 4.78 is 0. The zero-order valence-corrected chi connectivity index (χ0v) is 10.6. The average Bonchev–Trinajstić information content (AvgIpc) is 2.56. The summed E-state index contributed by atoms with van der Waals surface area (Å²) in [6.07, 6.45) is 0.124. The van der Waals surface area contributed by atoms with Crippen LogP contribution in [0.25, 0.3) is 0 Å². The van der Waals surface area contributed by atoms with E-state index >= 15 is 0 Å². The first-order valence-electron chi connectivity index (χ1n) is 6.11. The summed E-state index contributed by atoms with van der Waals surface area (Å²) in [6, 6.07) is 6.46. The summed E-state index contributed by atoms with van der Waals surface area (Å²) in [5, 5.41) is 8.95. The molecule has 1 unspecified atom stereocenters. The molecule has 0 fully saturated rings. The third-order valence-electron chi connectivity index (χ3n) is 3.41. The van der Waals surface area contributed by atoms with E-state index in [4.69, 9.17) is 5.11 Å². The van der Waals surface area contributed by atoms with E-state index in [9.17, 15) is 4.79 Å². The van der Waals surface area contributed by atoms with E-state index in [0.717, 1.165) is 12.1 Å². The fraction of sp³-hybridized carbons (Fsp3) is 0.500. The Morgan fingerprint density at radius 3 is 2.82 bits per heavy atom. The van der Waals surface area contributed by atoms with Crippen LogP contribution in [-0.4, -0.2) is 23.7 Å². The molecule has 0 radical (unpaired) electrons. The number of anilines is 1. The zero-order valence-electron chi connectivity index (χ0n) is 10.6. The van der Waals surface area contributed by atoms with Gasteiger partial charge in [0.25, 0.3) is 0 Å². The largest absolute Gasteiger partial charge is 0.481 e. The Kier molecular flexibility index (Phi) is 3.09. The number of benzene rings is 1. The van der Waals surface area contributed by atoms with Crippen LogP contribution in [0.15, 0.2) is 18.2 Å². The molecule has 0 spiro atoms. The van der Waals surface area contributed by atoms with Crippen molar-refractivity contribution in [3.05, 3.63) is 29.3 Å². The second-order valence-electron chi connectivity index (χ2n) is 5.07. The third-order valence-corrected chi connectivity index (χ3v) is 3.41. The van der Waals surface area contributed by atoms with Gasteiger partial charge in [0, 0.05) is 24.2 Å². The SMILES string of the molecule is CC1CN(C(C)C)c2cccc(CC(=O)O)c21. The Morgan fingerprint density at radius 1 is 1.53 bits per heavy atom. The van der Waals surface area contributed by atoms with Crippen LogP contribution >= 0.6 is 0 Å². The Morgan fingerprint density at radius 2 is 2.24 bits per heavy atom. The first-order valence-corrected chi connectivity index (χ1v) is 6.11. The molecule has 0 saturated carbocycles. The minimum absolute atomic E-state index is 0.124. The van der Waals surface area contributed by atoms with Gasteiger partial charge < -0.3 is 10.0 Å². The van der Waals surface area contributed by atoms with E-state index < -0.39 is 5.97 Å². The van der Waals surface area contributed by atoms with Gasteiger partial charge in [0.1, 0.15) is 0 Å². The molecule has 17 heavy (non-hydrogen) atoms. The van der Waals surface area contributed by atoms with Gasteiger partial charge in [-0.25, -0.2) is 0 Å².